The van der Waals surface area contributed by atoms with Gasteiger partial charge in [-0.15, -0.1) is 0 Å². The number of hydrogen-bond acceptors (Lipinski definition) is 5. The Bertz CT molecular complexity index is 834. The zero-order chi connectivity index (χ0) is 17.7. The Hall–Kier alpha value is -2.25. The number of nitrogens with one attached hydrogen (secondary N) is 1. The van der Waals surface area contributed by atoms with Crippen LogP contribution in [0.2, 0.25) is 5.02 Å². The zero-order valence-electron chi connectivity index (χ0n) is 13.1. The Kier molecular flexibility index (Phi) is 5.69. The molecule has 0 aliphatic heterocycles. The van der Waals surface area contributed by atoms with Gasteiger partial charge in [0.15, 0.2) is 6.61 Å². The van der Waals surface area contributed by atoms with Gasteiger partial charge in [0, 0.05) is 5.02 Å². The molecule has 0 aromatic heterocycles. The first kappa shape index (κ1) is 18.1. The summed E-state index contributed by atoms with van der Waals surface area (Å²) in [7, 11) is -2.50. The van der Waals surface area contributed by atoms with Gasteiger partial charge < -0.3 is 9.47 Å². The summed E-state index contributed by atoms with van der Waals surface area (Å²) in [5.41, 5.74) is 1.23. The largest absolute Gasteiger partial charge is 0.482 e. The average Bonchev–Trinajstić information content (AvgIpc) is 2.56. The van der Waals surface area contributed by atoms with Gasteiger partial charge in [-0.3, -0.25) is 4.72 Å². The highest BCUT2D eigenvalue weighted by Crippen LogP contribution is 2.23. The number of hydrogen-bond donors (Lipinski definition) is 1. The fraction of sp³-hybridized carbons (Fsp3) is 0.188. The lowest BCUT2D eigenvalue weighted by Crippen LogP contribution is -2.14. The van der Waals surface area contributed by atoms with Crippen molar-refractivity contribution < 1.29 is 22.7 Å². The number of anilines is 1. The lowest BCUT2D eigenvalue weighted by atomic mass is 10.2. The van der Waals surface area contributed by atoms with Crippen LogP contribution in [0.1, 0.15) is 5.56 Å². The van der Waals surface area contributed by atoms with Crippen LogP contribution in [0.5, 0.6) is 5.75 Å². The Morgan fingerprint density at radius 2 is 1.83 bits per heavy atom. The van der Waals surface area contributed by atoms with Crippen molar-refractivity contribution >= 4 is 33.3 Å². The molecule has 0 atom stereocenters. The maximum atomic E-state index is 12.4. The number of sulfonamides is 1. The number of rotatable bonds is 6. The number of ether oxygens (including phenoxy) is 2. The van der Waals surface area contributed by atoms with E-state index in [2.05, 4.69) is 9.46 Å². The minimum absolute atomic E-state index is 0.0598. The van der Waals surface area contributed by atoms with E-state index in [1.54, 1.807) is 18.2 Å². The second-order valence-corrected chi connectivity index (χ2v) is 7.00. The first-order valence-electron chi connectivity index (χ1n) is 6.90. The Labute approximate surface area is 145 Å². The van der Waals surface area contributed by atoms with E-state index in [0.29, 0.717) is 16.5 Å². The average molecular weight is 370 g/mol. The molecule has 8 heteroatoms. The maximum Gasteiger partial charge on any atom is 0.343 e. The highest BCUT2D eigenvalue weighted by molar-refractivity contribution is 7.92. The van der Waals surface area contributed by atoms with Crippen molar-refractivity contribution in [3.05, 3.63) is 53.1 Å². The molecule has 24 heavy (non-hydrogen) atoms. The van der Waals surface area contributed by atoms with Crippen molar-refractivity contribution in [2.24, 2.45) is 0 Å². The van der Waals surface area contributed by atoms with Crippen LogP contribution in [0.25, 0.3) is 0 Å². The molecule has 0 unspecified atom stereocenters. The van der Waals surface area contributed by atoms with E-state index in [0.717, 1.165) is 5.56 Å². The standard InChI is InChI=1S/C16H16ClNO5S/c1-11-3-4-12(9-15(11)17)18-24(20,21)14-7-5-13(6-8-14)23-10-16(19)22-2/h3-9,18H,10H2,1-2H3. The summed E-state index contributed by atoms with van der Waals surface area (Å²) in [6, 6.07) is 10.6. The van der Waals surface area contributed by atoms with Gasteiger partial charge in [0.2, 0.25) is 0 Å². The fourth-order valence-electron chi connectivity index (χ4n) is 1.79. The number of benzene rings is 2. The number of carbonyl (C=O) groups excluding carboxylic acids is 1. The highest BCUT2D eigenvalue weighted by Gasteiger charge is 2.15. The third kappa shape index (κ3) is 4.62. The second kappa shape index (κ2) is 7.55. The van der Waals surface area contributed by atoms with E-state index in [1.807, 2.05) is 6.92 Å². The van der Waals surface area contributed by atoms with Crippen LogP contribution in [-0.4, -0.2) is 28.1 Å². The van der Waals surface area contributed by atoms with Gasteiger partial charge in [0.1, 0.15) is 5.75 Å². The zero-order valence-corrected chi connectivity index (χ0v) is 14.6. The molecule has 0 aliphatic rings. The third-order valence-electron chi connectivity index (χ3n) is 3.14. The number of halogens is 1. The van der Waals surface area contributed by atoms with Crippen LogP contribution >= 0.6 is 11.6 Å². The van der Waals surface area contributed by atoms with E-state index in [-0.39, 0.29) is 11.5 Å². The normalized spacial score (nSPS) is 11.0. The van der Waals surface area contributed by atoms with Crippen LogP contribution in [-0.2, 0) is 19.6 Å². The van der Waals surface area contributed by atoms with Gasteiger partial charge in [0.05, 0.1) is 17.7 Å². The quantitative estimate of drug-likeness (QED) is 0.791. The predicted octanol–water partition coefficient (Wildman–Crippen LogP) is 3.00. The molecular weight excluding hydrogens is 354 g/mol. The van der Waals surface area contributed by atoms with Gasteiger partial charge in [-0.1, -0.05) is 17.7 Å². The van der Waals surface area contributed by atoms with E-state index in [4.69, 9.17) is 16.3 Å². The minimum Gasteiger partial charge on any atom is -0.482 e. The van der Waals surface area contributed by atoms with Gasteiger partial charge in [-0.2, -0.15) is 0 Å². The van der Waals surface area contributed by atoms with Gasteiger partial charge >= 0.3 is 5.97 Å². The lowest BCUT2D eigenvalue weighted by Gasteiger charge is -2.10. The molecule has 0 saturated carbocycles. The monoisotopic (exact) mass is 369 g/mol. The molecular formula is C16H16ClNO5S. The molecule has 128 valence electrons. The second-order valence-electron chi connectivity index (χ2n) is 4.91. The van der Waals surface area contributed by atoms with Crippen LogP contribution < -0.4 is 9.46 Å². The SMILES string of the molecule is COC(=O)COc1ccc(S(=O)(=O)Nc2ccc(C)c(Cl)c2)cc1. The number of methoxy groups -OCH3 is 1. The molecule has 0 saturated heterocycles. The molecule has 2 aromatic rings. The van der Waals surface area contributed by atoms with Crippen molar-refractivity contribution in [2.75, 3.05) is 18.4 Å². The summed E-state index contributed by atoms with van der Waals surface area (Å²) in [4.78, 5) is 11.1. The molecule has 0 spiro atoms. The number of esters is 1. The molecule has 0 amide bonds. The van der Waals surface area contributed by atoms with E-state index < -0.39 is 16.0 Å². The minimum atomic E-state index is -3.75. The van der Waals surface area contributed by atoms with E-state index in [1.165, 1.54) is 31.4 Å². The summed E-state index contributed by atoms with van der Waals surface area (Å²) < 4.78 is 36.8. The molecule has 0 aliphatic carbocycles. The summed E-state index contributed by atoms with van der Waals surface area (Å²) >= 11 is 5.99. The first-order valence-corrected chi connectivity index (χ1v) is 8.76. The van der Waals surface area contributed by atoms with Crippen LogP contribution in [0.4, 0.5) is 5.69 Å². The molecule has 0 radical (unpaired) electrons. The van der Waals surface area contributed by atoms with Crippen molar-refractivity contribution in [1.82, 2.24) is 0 Å². The molecule has 0 heterocycles. The van der Waals surface area contributed by atoms with E-state index in [9.17, 15) is 13.2 Å². The van der Waals surface area contributed by atoms with Crippen molar-refractivity contribution in [2.45, 2.75) is 11.8 Å². The van der Waals surface area contributed by atoms with Crippen LogP contribution in [0, 0.1) is 6.92 Å². The van der Waals surface area contributed by atoms with Crippen molar-refractivity contribution in [3.63, 3.8) is 0 Å². The molecule has 2 aromatic carbocycles. The summed E-state index contributed by atoms with van der Waals surface area (Å²) in [5.74, 6) is -0.164. The maximum absolute atomic E-state index is 12.4. The lowest BCUT2D eigenvalue weighted by molar-refractivity contribution is -0.142. The van der Waals surface area contributed by atoms with Crippen molar-refractivity contribution in [1.29, 1.82) is 0 Å². The molecule has 0 fully saturated rings. The van der Waals surface area contributed by atoms with Crippen LogP contribution in [0.3, 0.4) is 0 Å². The Morgan fingerprint density at radius 3 is 2.42 bits per heavy atom. The first-order chi connectivity index (χ1) is 11.3. The molecule has 2 rings (SSSR count). The summed E-state index contributed by atoms with van der Waals surface area (Å²) in [6.07, 6.45) is 0. The van der Waals surface area contributed by atoms with Crippen LogP contribution in [0.15, 0.2) is 47.4 Å². The predicted molar refractivity (Wildman–Crippen MR) is 91.0 cm³/mol. The highest BCUT2D eigenvalue weighted by atomic mass is 35.5. The number of carbonyl (C=O) groups is 1. The number of aryl methyl sites for hydroxylation is 1. The molecule has 1 N–H and O–H groups in total. The van der Waals surface area contributed by atoms with Gasteiger partial charge in [-0.25, -0.2) is 13.2 Å². The Morgan fingerprint density at radius 1 is 1.17 bits per heavy atom. The summed E-state index contributed by atoms with van der Waals surface area (Å²) in [5, 5.41) is 0.474. The smallest absolute Gasteiger partial charge is 0.343 e. The fourth-order valence-corrected chi connectivity index (χ4v) is 3.02. The topological polar surface area (TPSA) is 81.7 Å². The van der Waals surface area contributed by atoms with Gasteiger partial charge in [0.25, 0.3) is 10.0 Å². The third-order valence-corrected chi connectivity index (χ3v) is 4.95. The molecule has 6 nitrogen and oxygen atoms in total. The van der Waals surface area contributed by atoms with E-state index >= 15 is 0 Å². The van der Waals surface area contributed by atoms with Gasteiger partial charge in [-0.05, 0) is 48.9 Å². The summed E-state index contributed by atoms with van der Waals surface area (Å²) in [6.45, 7) is 1.58. The Balaban J connectivity index is 2.11. The molecule has 0 bridgehead atoms. The van der Waals surface area contributed by atoms with Crippen molar-refractivity contribution in [3.8, 4) is 5.75 Å².